The van der Waals surface area contributed by atoms with Gasteiger partial charge in [-0.05, 0) is 12.1 Å². The van der Waals surface area contributed by atoms with Crippen molar-refractivity contribution in [3.63, 3.8) is 0 Å². The van der Waals surface area contributed by atoms with Crippen molar-refractivity contribution in [2.45, 2.75) is 6.29 Å². The number of benzene rings is 1. The molecule has 0 saturated heterocycles. The van der Waals surface area contributed by atoms with Crippen LogP contribution in [0.1, 0.15) is 5.56 Å². The molecule has 1 aliphatic heterocycles. The van der Waals surface area contributed by atoms with E-state index in [9.17, 15) is 14.0 Å². The summed E-state index contributed by atoms with van der Waals surface area (Å²) in [7, 11) is -4.48. The van der Waals surface area contributed by atoms with Gasteiger partial charge >= 0.3 is 6.29 Å². The summed E-state index contributed by atoms with van der Waals surface area (Å²) in [6.07, 6.45) is 1.79. The predicted octanol–water partition coefficient (Wildman–Crippen LogP) is -1.67. The molecule has 0 aliphatic carbocycles. The van der Waals surface area contributed by atoms with Crippen LogP contribution in [0.5, 0.6) is 5.75 Å². The summed E-state index contributed by atoms with van der Waals surface area (Å²) < 4.78 is 40.1. The van der Waals surface area contributed by atoms with Crippen LogP contribution in [0.25, 0.3) is 6.08 Å². The first kappa shape index (κ1) is 10.4. The lowest BCUT2D eigenvalue weighted by atomic mass is 10.1. The second-order valence-electron chi connectivity index (χ2n) is 2.85. The van der Waals surface area contributed by atoms with Crippen molar-refractivity contribution >= 4 is 6.08 Å². The maximum Gasteiger partial charge on any atom is 0.372 e. The number of hydrogen-bond acceptors (Lipinski definition) is 5. The second kappa shape index (κ2) is 3.80. The van der Waals surface area contributed by atoms with Gasteiger partial charge in [-0.1, -0.05) is 18.2 Å². The minimum absolute atomic E-state index is 0.476. The molecular formula is C9H7ClO5. The zero-order valence-electron chi connectivity index (χ0n) is 7.46. The Morgan fingerprint density at radius 3 is 2.67 bits per heavy atom. The van der Waals surface area contributed by atoms with Crippen molar-refractivity contribution in [3.05, 3.63) is 35.9 Å². The van der Waals surface area contributed by atoms with E-state index >= 15 is 0 Å². The van der Waals surface area contributed by atoms with E-state index in [1.54, 1.807) is 24.3 Å². The average molecular weight is 231 g/mol. The van der Waals surface area contributed by atoms with Gasteiger partial charge in [0.2, 0.25) is 0 Å². The fraction of sp³-hybridized carbons (Fsp3) is 0.111. The lowest BCUT2D eigenvalue weighted by molar-refractivity contribution is -1.92. The maximum atomic E-state index is 10.3. The van der Waals surface area contributed by atoms with Crippen LogP contribution in [-0.4, -0.2) is 6.29 Å². The third-order valence-corrected chi connectivity index (χ3v) is 2.19. The van der Waals surface area contributed by atoms with Gasteiger partial charge in [-0.25, -0.2) is 0 Å². The van der Waals surface area contributed by atoms with Crippen molar-refractivity contribution in [2.24, 2.45) is 0 Å². The highest BCUT2D eigenvalue weighted by molar-refractivity contribution is 5.59. The van der Waals surface area contributed by atoms with Gasteiger partial charge in [-0.3, -0.25) is 0 Å². The van der Waals surface area contributed by atoms with Crippen LogP contribution in [0.2, 0.25) is 0 Å². The molecule has 80 valence electrons. The zero-order valence-corrected chi connectivity index (χ0v) is 8.22. The fourth-order valence-corrected chi connectivity index (χ4v) is 1.54. The van der Waals surface area contributed by atoms with Gasteiger partial charge in [0.25, 0.3) is 0 Å². The van der Waals surface area contributed by atoms with E-state index in [2.05, 4.69) is 4.29 Å². The van der Waals surface area contributed by atoms with Gasteiger partial charge < -0.3 is 4.74 Å². The van der Waals surface area contributed by atoms with Crippen LogP contribution >= 0.6 is 0 Å². The van der Waals surface area contributed by atoms with Crippen molar-refractivity contribution in [3.8, 4) is 5.75 Å². The molecule has 0 fully saturated rings. The molecule has 1 atom stereocenters. The van der Waals surface area contributed by atoms with E-state index in [-0.39, 0.29) is 0 Å². The number of hydrogen-bond donors (Lipinski definition) is 0. The number of halogens is 1. The Hall–Kier alpha value is -1.11. The first-order chi connectivity index (χ1) is 7.04. The second-order valence-corrected chi connectivity index (χ2v) is 3.78. The SMILES string of the molecule is [O-][Cl+3]([O-])([O-])OC1C=Cc2ccccc2O1. The van der Waals surface area contributed by atoms with Gasteiger partial charge in [0.15, 0.2) is 0 Å². The molecular weight excluding hydrogens is 224 g/mol. The maximum absolute atomic E-state index is 10.3. The fourth-order valence-electron chi connectivity index (χ4n) is 1.23. The summed E-state index contributed by atoms with van der Waals surface area (Å²) in [4.78, 5) is 0. The predicted molar refractivity (Wildman–Crippen MR) is 41.0 cm³/mol. The summed E-state index contributed by atoms with van der Waals surface area (Å²) >= 11 is 0. The van der Waals surface area contributed by atoms with Crippen LogP contribution in [0, 0.1) is 10.2 Å². The summed E-state index contributed by atoms with van der Waals surface area (Å²) in [5.74, 6) is 0.476. The summed E-state index contributed by atoms with van der Waals surface area (Å²) in [6.45, 7) is 0. The molecule has 1 aromatic rings. The van der Waals surface area contributed by atoms with Gasteiger partial charge in [0, 0.05) is 11.6 Å². The number of fused-ring (bicyclic) bond motifs is 1. The number of rotatable bonds is 2. The summed E-state index contributed by atoms with van der Waals surface area (Å²) in [5.41, 5.74) is 0.803. The zero-order chi connectivity index (χ0) is 10.9. The Kier molecular flexibility index (Phi) is 2.64. The number of ether oxygens (including phenoxy) is 1. The molecule has 0 bridgehead atoms. The molecule has 0 N–H and O–H groups in total. The molecule has 1 unspecified atom stereocenters. The van der Waals surface area contributed by atoms with Crippen LogP contribution < -0.4 is 18.7 Å². The standard InChI is InChI=1S/C9H7ClO5/c11-10(12,13)15-9-6-5-7-3-1-2-4-8(7)14-9/h1-6,9H. The van der Waals surface area contributed by atoms with Gasteiger partial charge in [-0.15, -0.1) is 0 Å². The Labute approximate surface area is 87.9 Å². The molecule has 15 heavy (non-hydrogen) atoms. The Bertz CT molecular complexity index is 384. The summed E-state index contributed by atoms with van der Waals surface area (Å²) in [6, 6.07) is 7.00. The van der Waals surface area contributed by atoms with Crippen molar-refractivity contribution in [2.75, 3.05) is 0 Å². The van der Waals surface area contributed by atoms with E-state index in [4.69, 9.17) is 4.74 Å². The minimum atomic E-state index is -4.48. The van der Waals surface area contributed by atoms with Crippen molar-refractivity contribution < 1.29 is 33.2 Å². The molecule has 2 rings (SSSR count). The van der Waals surface area contributed by atoms with Crippen LogP contribution in [0.4, 0.5) is 0 Å². The van der Waals surface area contributed by atoms with E-state index in [1.165, 1.54) is 6.08 Å². The molecule has 0 radical (unpaired) electrons. The van der Waals surface area contributed by atoms with Gasteiger partial charge in [0.1, 0.15) is 10.0 Å². The molecule has 6 heteroatoms. The van der Waals surface area contributed by atoms with E-state index in [0.717, 1.165) is 5.56 Å². The Morgan fingerprint density at radius 2 is 1.93 bits per heavy atom. The van der Waals surface area contributed by atoms with Gasteiger partial charge in [-0.2, -0.15) is 14.0 Å². The topological polar surface area (TPSA) is 87.6 Å². The monoisotopic (exact) mass is 230 g/mol. The normalized spacial score (nSPS) is 19.5. The highest BCUT2D eigenvalue weighted by Gasteiger charge is 2.30. The molecule has 0 aromatic heterocycles. The lowest BCUT2D eigenvalue weighted by Crippen LogP contribution is -2.62. The molecule has 1 aliphatic rings. The van der Waals surface area contributed by atoms with Crippen LogP contribution in [0.15, 0.2) is 30.3 Å². The quantitative estimate of drug-likeness (QED) is 0.606. The van der Waals surface area contributed by atoms with E-state index in [0.29, 0.717) is 5.75 Å². The highest BCUT2D eigenvalue weighted by atomic mass is 35.7. The Morgan fingerprint density at radius 1 is 1.20 bits per heavy atom. The van der Waals surface area contributed by atoms with Crippen LogP contribution in [0.3, 0.4) is 0 Å². The lowest BCUT2D eigenvalue weighted by Gasteiger charge is -2.20. The third kappa shape index (κ3) is 2.68. The minimum Gasteiger partial charge on any atom is -0.447 e. The average Bonchev–Trinajstić information content (AvgIpc) is 2.15. The first-order valence-corrected chi connectivity index (χ1v) is 5.31. The first-order valence-electron chi connectivity index (χ1n) is 4.08. The van der Waals surface area contributed by atoms with Crippen LogP contribution in [-0.2, 0) is 4.29 Å². The van der Waals surface area contributed by atoms with E-state index in [1.807, 2.05) is 6.07 Å². The molecule has 1 aromatic carbocycles. The largest absolute Gasteiger partial charge is 0.447 e. The molecule has 0 saturated carbocycles. The number of para-hydroxylation sites is 1. The van der Waals surface area contributed by atoms with Crippen molar-refractivity contribution in [1.29, 1.82) is 0 Å². The van der Waals surface area contributed by atoms with E-state index < -0.39 is 16.5 Å². The smallest absolute Gasteiger partial charge is 0.372 e. The molecule has 0 amide bonds. The van der Waals surface area contributed by atoms with Gasteiger partial charge in [0.05, 0.1) is 10.2 Å². The Balaban J connectivity index is 2.13. The highest BCUT2D eigenvalue weighted by Crippen LogP contribution is 2.26. The molecule has 0 spiro atoms. The third-order valence-electron chi connectivity index (χ3n) is 1.79. The molecule has 1 heterocycles. The van der Waals surface area contributed by atoms with Crippen molar-refractivity contribution in [1.82, 2.24) is 0 Å². The molecule has 5 nitrogen and oxygen atoms in total. The summed E-state index contributed by atoms with van der Waals surface area (Å²) in [5, 5.41) is 0.